The van der Waals surface area contributed by atoms with Crippen LogP contribution in [0.4, 0.5) is 23.7 Å². The number of alkyl halides is 3. The number of nitrogens with one attached hydrogen (secondary N) is 2. The van der Waals surface area contributed by atoms with Crippen LogP contribution in [0.15, 0.2) is 24.3 Å². The van der Waals surface area contributed by atoms with Gasteiger partial charge in [0.25, 0.3) is 0 Å². The number of anilines is 1. The number of carbonyl (C=O) groups excluding carboxylic acids is 2. The Morgan fingerprint density at radius 1 is 1.13 bits per heavy atom. The number of likely N-dealkylation sites (tertiary alicyclic amines) is 1. The van der Waals surface area contributed by atoms with Crippen LogP contribution >= 0.6 is 0 Å². The zero-order valence-corrected chi connectivity index (χ0v) is 12.4. The van der Waals surface area contributed by atoms with Crippen molar-refractivity contribution in [2.45, 2.75) is 25.4 Å². The molecule has 1 aromatic rings. The minimum atomic E-state index is -4.47. The molecule has 2 N–H and O–H groups in total. The number of rotatable bonds is 3. The van der Waals surface area contributed by atoms with Crippen molar-refractivity contribution >= 4 is 17.6 Å². The van der Waals surface area contributed by atoms with Crippen LogP contribution in [0.5, 0.6) is 0 Å². The van der Waals surface area contributed by atoms with Crippen LogP contribution in [0.2, 0.25) is 0 Å². The Balaban J connectivity index is 1.84. The van der Waals surface area contributed by atoms with Gasteiger partial charge in [-0.1, -0.05) is 6.07 Å². The van der Waals surface area contributed by atoms with Crippen molar-refractivity contribution in [3.05, 3.63) is 29.8 Å². The van der Waals surface area contributed by atoms with E-state index in [0.29, 0.717) is 13.1 Å². The molecular weight excluding hydrogens is 311 g/mol. The lowest BCUT2D eigenvalue weighted by atomic mass is 10.1. The van der Waals surface area contributed by atoms with Gasteiger partial charge in [-0.3, -0.25) is 4.79 Å². The number of amides is 3. The molecule has 1 saturated heterocycles. The van der Waals surface area contributed by atoms with Gasteiger partial charge in [0.1, 0.15) is 0 Å². The second kappa shape index (κ2) is 7.34. The van der Waals surface area contributed by atoms with Crippen molar-refractivity contribution in [2.75, 3.05) is 25.0 Å². The zero-order valence-electron chi connectivity index (χ0n) is 12.4. The molecule has 1 aromatic carbocycles. The summed E-state index contributed by atoms with van der Waals surface area (Å²) < 4.78 is 37.8. The molecule has 1 aliphatic rings. The van der Waals surface area contributed by atoms with Crippen molar-refractivity contribution in [2.24, 2.45) is 0 Å². The van der Waals surface area contributed by atoms with E-state index in [1.54, 1.807) is 4.90 Å². The van der Waals surface area contributed by atoms with E-state index in [4.69, 9.17) is 0 Å². The van der Waals surface area contributed by atoms with Crippen molar-refractivity contribution < 1.29 is 22.8 Å². The Labute approximate surface area is 131 Å². The number of halogens is 3. The molecule has 2 rings (SSSR count). The number of hydrogen-bond donors (Lipinski definition) is 2. The molecule has 0 radical (unpaired) electrons. The third-order valence-electron chi connectivity index (χ3n) is 3.56. The van der Waals surface area contributed by atoms with Crippen LogP contribution in [0.3, 0.4) is 0 Å². The highest BCUT2D eigenvalue weighted by atomic mass is 19.4. The lowest BCUT2D eigenvalue weighted by Gasteiger charge is -2.26. The maximum Gasteiger partial charge on any atom is 0.416 e. The van der Waals surface area contributed by atoms with Gasteiger partial charge < -0.3 is 15.5 Å². The molecule has 0 aliphatic carbocycles. The van der Waals surface area contributed by atoms with Gasteiger partial charge in [-0.25, -0.2) is 4.79 Å². The highest BCUT2D eigenvalue weighted by Crippen LogP contribution is 2.30. The lowest BCUT2D eigenvalue weighted by Crippen LogP contribution is -2.43. The lowest BCUT2D eigenvalue weighted by molar-refractivity contribution is -0.137. The van der Waals surface area contributed by atoms with E-state index in [1.165, 1.54) is 12.1 Å². The fraction of sp³-hybridized carbons (Fsp3) is 0.467. The molecule has 1 aliphatic heterocycles. The van der Waals surface area contributed by atoms with Crippen LogP contribution in [-0.4, -0.2) is 36.5 Å². The predicted octanol–water partition coefficient (Wildman–Crippen LogP) is 2.84. The molecule has 8 heteroatoms. The summed E-state index contributed by atoms with van der Waals surface area (Å²) in [6.45, 7) is 1.18. The van der Waals surface area contributed by atoms with Crippen LogP contribution in [-0.2, 0) is 11.0 Å². The molecule has 0 unspecified atom stereocenters. The van der Waals surface area contributed by atoms with Crippen LogP contribution < -0.4 is 10.6 Å². The first-order valence-electron chi connectivity index (χ1n) is 7.36. The van der Waals surface area contributed by atoms with E-state index in [-0.39, 0.29) is 18.1 Å². The van der Waals surface area contributed by atoms with Crippen LogP contribution in [0.25, 0.3) is 0 Å². The molecule has 0 saturated carbocycles. The van der Waals surface area contributed by atoms with E-state index < -0.39 is 17.8 Å². The summed E-state index contributed by atoms with van der Waals surface area (Å²) in [5.41, 5.74) is -0.831. The molecule has 1 heterocycles. The average Bonchev–Trinajstić information content (AvgIpc) is 2.53. The summed E-state index contributed by atoms with van der Waals surface area (Å²) in [4.78, 5) is 25.2. The molecule has 0 aromatic heterocycles. The van der Waals surface area contributed by atoms with E-state index in [0.717, 1.165) is 31.4 Å². The summed E-state index contributed by atoms with van der Waals surface area (Å²) in [7, 11) is 0. The molecule has 0 spiro atoms. The first kappa shape index (κ1) is 17.1. The van der Waals surface area contributed by atoms with Gasteiger partial charge in [-0.2, -0.15) is 13.2 Å². The molecule has 126 valence electrons. The predicted molar refractivity (Wildman–Crippen MR) is 78.9 cm³/mol. The fourth-order valence-electron chi connectivity index (χ4n) is 2.36. The van der Waals surface area contributed by atoms with Gasteiger partial charge in [0.2, 0.25) is 5.91 Å². The quantitative estimate of drug-likeness (QED) is 0.896. The number of nitrogens with zero attached hydrogens (tertiary/aromatic N) is 1. The van der Waals surface area contributed by atoms with Crippen LogP contribution in [0.1, 0.15) is 24.8 Å². The SMILES string of the molecule is O=C(NCC(=O)N1CCCCC1)Nc1cccc(C(F)(F)F)c1. The number of benzene rings is 1. The average molecular weight is 329 g/mol. The molecule has 5 nitrogen and oxygen atoms in total. The van der Waals surface area contributed by atoms with Crippen molar-refractivity contribution in [1.29, 1.82) is 0 Å². The highest BCUT2D eigenvalue weighted by Gasteiger charge is 2.30. The second-order valence-corrected chi connectivity index (χ2v) is 5.33. The summed E-state index contributed by atoms with van der Waals surface area (Å²) in [6, 6.07) is 3.60. The maximum atomic E-state index is 12.6. The summed E-state index contributed by atoms with van der Waals surface area (Å²) in [5.74, 6) is -0.191. The Morgan fingerprint density at radius 2 is 1.83 bits per heavy atom. The summed E-state index contributed by atoms with van der Waals surface area (Å²) in [6.07, 6.45) is -1.49. The third-order valence-corrected chi connectivity index (χ3v) is 3.56. The van der Waals surface area contributed by atoms with Crippen molar-refractivity contribution in [1.82, 2.24) is 10.2 Å². The molecule has 0 atom stereocenters. The normalized spacial score (nSPS) is 15.2. The van der Waals surface area contributed by atoms with Gasteiger partial charge in [0.15, 0.2) is 0 Å². The van der Waals surface area contributed by atoms with Gasteiger partial charge >= 0.3 is 12.2 Å². The van der Waals surface area contributed by atoms with E-state index in [9.17, 15) is 22.8 Å². The first-order valence-corrected chi connectivity index (χ1v) is 7.36. The number of hydrogen-bond acceptors (Lipinski definition) is 2. The zero-order chi connectivity index (χ0) is 16.9. The maximum absolute atomic E-state index is 12.6. The number of carbonyl (C=O) groups is 2. The molecular formula is C15H18F3N3O2. The standard InChI is InChI=1S/C15H18F3N3O2/c16-15(17,18)11-5-4-6-12(9-11)20-14(23)19-10-13(22)21-7-2-1-3-8-21/h4-6,9H,1-3,7-8,10H2,(H2,19,20,23). The first-order chi connectivity index (χ1) is 10.9. The number of urea groups is 1. The van der Waals surface area contributed by atoms with Crippen LogP contribution in [0, 0.1) is 0 Å². The smallest absolute Gasteiger partial charge is 0.341 e. The van der Waals surface area contributed by atoms with Crippen molar-refractivity contribution in [3.63, 3.8) is 0 Å². The highest BCUT2D eigenvalue weighted by molar-refractivity contribution is 5.92. The molecule has 0 bridgehead atoms. The van der Waals surface area contributed by atoms with Gasteiger partial charge in [-0.05, 0) is 37.5 Å². The largest absolute Gasteiger partial charge is 0.416 e. The third kappa shape index (κ3) is 5.15. The van der Waals surface area contributed by atoms with E-state index in [2.05, 4.69) is 10.6 Å². The molecule has 23 heavy (non-hydrogen) atoms. The van der Waals surface area contributed by atoms with Gasteiger partial charge in [0.05, 0.1) is 12.1 Å². The minimum absolute atomic E-state index is 0.0164. The Morgan fingerprint density at radius 3 is 2.48 bits per heavy atom. The Bertz CT molecular complexity index is 569. The Hall–Kier alpha value is -2.25. The monoisotopic (exact) mass is 329 g/mol. The molecule has 1 fully saturated rings. The van der Waals surface area contributed by atoms with Gasteiger partial charge in [-0.15, -0.1) is 0 Å². The molecule has 3 amide bonds. The fourth-order valence-corrected chi connectivity index (χ4v) is 2.36. The topological polar surface area (TPSA) is 61.4 Å². The minimum Gasteiger partial charge on any atom is -0.341 e. The van der Waals surface area contributed by atoms with E-state index >= 15 is 0 Å². The summed E-state index contributed by atoms with van der Waals surface area (Å²) in [5, 5.41) is 4.66. The number of piperidine rings is 1. The Kier molecular flexibility index (Phi) is 5.46. The summed E-state index contributed by atoms with van der Waals surface area (Å²) >= 11 is 0. The van der Waals surface area contributed by atoms with Crippen molar-refractivity contribution in [3.8, 4) is 0 Å². The van der Waals surface area contributed by atoms with E-state index in [1.807, 2.05) is 0 Å². The van der Waals surface area contributed by atoms with Gasteiger partial charge in [0, 0.05) is 18.8 Å². The second-order valence-electron chi connectivity index (χ2n) is 5.33.